The number of benzene rings is 1. The fourth-order valence-corrected chi connectivity index (χ4v) is 4.73. The Morgan fingerprint density at radius 3 is 2.59 bits per heavy atom. The van der Waals surface area contributed by atoms with Crippen molar-refractivity contribution in [1.82, 2.24) is 14.1 Å². The van der Waals surface area contributed by atoms with Crippen LogP contribution in [0.3, 0.4) is 0 Å². The first-order valence-corrected chi connectivity index (χ1v) is 12.6. The molecule has 37 heavy (non-hydrogen) atoms. The van der Waals surface area contributed by atoms with Gasteiger partial charge in [-0.2, -0.15) is 0 Å². The minimum Gasteiger partial charge on any atom is -0.546 e. The van der Waals surface area contributed by atoms with Crippen LogP contribution in [0.5, 0.6) is 0 Å². The van der Waals surface area contributed by atoms with Crippen molar-refractivity contribution < 1.29 is 33.8 Å². The third-order valence-electron chi connectivity index (χ3n) is 5.21. The summed E-state index contributed by atoms with van der Waals surface area (Å²) in [5.41, 5.74) is 7.25. The van der Waals surface area contributed by atoms with Crippen LogP contribution in [0, 0.1) is 0 Å². The van der Waals surface area contributed by atoms with E-state index in [0.717, 1.165) is 0 Å². The first-order valence-electron chi connectivity index (χ1n) is 10.8. The molecule has 0 spiro atoms. The number of anilines is 2. The van der Waals surface area contributed by atoms with E-state index in [9.17, 15) is 14.1 Å². The van der Waals surface area contributed by atoms with Crippen LogP contribution in [0.15, 0.2) is 40.7 Å². The van der Waals surface area contributed by atoms with Gasteiger partial charge in [0, 0.05) is 21.0 Å². The summed E-state index contributed by atoms with van der Waals surface area (Å²) in [5.74, 6) is -1.94. The van der Waals surface area contributed by atoms with Crippen LogP contribution in [0.1, 0.15) is 25.3 Å². The summed E-state index contributed by atoms with van der Waals surface area (Å²) in [6, 6.07) is 4.96. The Hall–Kier alpha value is -2.94. The number of ether oxygens (including phenoxy) is 3. The van der Waals surface area contributed by atoms with Crippen LogP contribution in [0.25, 0.3) is 0 Å². The maximum atomic E-state index is 13.2. The smallest absolute Gasteiger partial charge is 0.336 e. The number of nitrogen functional groups attached to an aromatic ring is 1. The minimum atomic E-state index is -1.73. The first kappa shape index (κ1) is 30.3. The van der Waals surface area contributed by atoms with Crippen molar-refractivity contribution in [2.24, 2.45) is 0 Å². The Morgan fingerprint density at radius 2 is 1.97 bits per heavy atom. The SMILES string of the molecule is CCOC(=O)C1=C(COCCNc2n[s+]([O-])nc2N)NC(C)=C(C(=O)OC)C1c1cccc(Cl)c1Cl.O. The number of rotatable bonds is 10. The lowest BCUT2D eigenvalue weighted by molar-refractivity contribution is -0.139. The van der Waals surface area contributed by atoms with E-state index in [-0.39, 0.29) is 64.7 Å². The van der Waals surface area contributed by atoms with Crippen molar-refractivity contribution in [3.63, 3.8) is 0 Å². The molecule has 3 rings (SSSR count). The van der Waals surface area contributed by atoms with Gasteiger partial charge in [-0.25, -0.2) is 9.59 Å². The molecule has 2 heterocycles. The fourth-order valence-electron chi connectivity index (χ4n) is 3.71. The van der Waals surface area contributed by atoms with E-state index in [1.165, 1.54) is 7.11 Å². The van der Waals surface area contributed by atoms with Crippen molar-refractivity contribution in [3.05, 3.63) is 56.3 Å². The van der Waals surface area contributed by atoms with Crippen LogP contribution in [-0.2, 0) is 23.8 Å². The van der Waals surface area contributed by atoms with Crippen molar-refractivity contribution in [1.29, 1.82) is 0 Å². The third-order valence-corrected chi connectivity index (χ3v) is 6.74. The molecule has 1 aliphatic rings. The first-order chi connectivity index (χ1) is 17.2. The number of halogens is 2. The number of allylic oxidation sites excluding steroid dienone is 1. The van der Waals surface area contributed by atoms with Gasteiger partial charge in [0.1, 0.15) is 0 Å². The van der Waals surface area contributed by atoms with Gasteiger partial charge >= 0.3 is 11.9 Å². The molecule has 0 aliphatic carbocycles. The van der Waals surface area contributed by atoms with Gasteiger partial charge in [0.2, 0.25) is 11.6 Å². The van der Waals surface area contributed by atoms with Crippen LogP contribution >= 0.6 is 34.3 Å². The molecule has 0 radical (unpaired) electrons. The summed E-state index contributed by atoms with van der Waals surface area (Å²) in [4.78, 5) is 26.0. The predicted molar refractivity (Wildman–Crippen MR) is 139 cm³/mol. The lowest BCUT2D eigenvalue weighted by atomic mass is 9.80. The maximum absolute atomic E-state index is 13.2. The summed E-state index contributed by atoms with van der Waals surface area (Å²) >= 11 is 11.0. The number of hydrogen-bond acceptors (Lipinski definition) is 11. The Kier molecular flexibility index (Phi) is 11.1. The summed E-state index contributed by atoms with van der Waals surface area (Å²) in [5, 5.41) is 6.43. The number of hydrogen-bond donors (Lipinski definition) is 3. The molecule has 0 saturated carbocycles. The average Bonchev–Trinajstić information content (AvgIpc) is 3.16. The number of aromatic nitrogens is 2. The van der Waals surface area contributed by atoms with Crippen LogP contribution in [0.4, 0.5) is 11.6 Å². The fraction of sp³-hybridized carbons (Fsp3) is 0.364. The minimum absolute atomic E-state index is 0. The van der Waals surface area contributed by atoms with Crippen LogP contribution in [-0.4, -0.2) is 64.2 Å². The molecular weight excluding hydrogens is 549 g/mol. The van der Waals surface area contributed by atoms with Gasteiger partial charge in [0.05, 0.1) is 59.7 Å². The number of esters is 2. The molecule has 202 valence electrons. The molecule has 0 amide bonds. The summed E-state index contributed by atoms with van der Waals surface area (Å²) in [6.07, 6.45) is 0. The monoisotopic (exact) mass is 575 g/mol. The van der Waals surface area contributed by atoms with Gasteiger partial charge in [0.25, 0.3) is 0 Å². The molecule has 2 unspecified atom stereocenters. The number of nitrogens with one attached hydrogen (secondary N) is 2. The van der Waals surface area contributed by atoms with Crippen LogP contribution in [0.2, 0.25) is 10.0 Å². The van der Waals surface area contributed by atoms with Gasteiger partial charge in [-0.15, -0.1) is 0 Å². The van der Waals surface area contributed by atoms with Gasteiger partial charge in [-0.3, -0.25) is 0 Å². The third kappa shape index (κ3) is 6.89. The standard InChI is InChI=1S/C22H25Cl2N5O6S.H2O/c1-4-35-22(31)17-14(10-34-9-8-26-20-19(25)28-36(32)29-20)27-11(2)15(21(30)33-3)16(17)12-6-5-7-13(23)18(12)24;/h5-7,16,27H,4,8-10H2,1-3H3,(H2,25,28)(H,26,29);1H2. The summed E-state index contributed by atoms with van der Waals surface area (Å²) < 4.78 is 34.7. The highest BCUT2D eigenvalue weighted by atomic mass is 35.5. The number of methoxy groups -OCH3 is 1. The molecule has 12 nitrogen and oxygen atoms in total. The molecule has 1 aromatic carbocycles. The van der Waals surface area contributed by atoms with E-state index in [1.54, 1.807) is 32.0 Å². The topological polar surface area (TPSA) is 192 Å². The van der Waals surface area contributed by atoms with Crippen molar-refractivity contribution in [2.75, 3.05) is 44.5 Å². The number of nitrogens with zero attached hydrogens (tertiary/aromatic N) is 2. The zero-order valence-corrected chi connectivity index (χ0v) is 22.6. The second-order valence-electron chi connectivity index (χ2n) is 7.47. The van der Waals surface area contributed by atoms with E-state index in [0.29, 0.717) is 17.0 Å². The number of dihydropyridines is 1. The highest BCUT2D eigenvalue weighted by Crippen LogP contribution is 2.43. The normalized spacial score (nSPS) is 15.6. The predicted octanol–water partition coefficient (Wildman–Crippen LogP) is 2.35. The quantitative estimate of drug-likeness (QED) is 0.214. The molecule has 2 aromatic rings. The highest BCUT2D eigenvalue weighted by Gasteiger charge is 2.40. The zero-order valence-electron chi connectivity index (χ0n) is 20.2. The second-order valence-corrected chi connectivity index (χ2v) is 9.08. The van der Waals surface area contributed by atoms with E-state index >= 15 is 0 Å². The van der Waals surface area contributed by atoms with Gasteiger partial charge in [-0.1, -0.05) is 35.3 Å². The average molecular weight is 576 g/mol. The van der Waals surface area contributed by atoms with Crippen LogP contribution < -0.4 is 16.4 Å². The second kappa shape index (κ2) is 13.6. The maximum Gasteiger partial charge on any atom is 0.336 e. The lowest BCUT2D eigenvalue weighted by Gasteiger charge is -2.31. The molecule has 0 saturated heterocycles. The molecule has 0 fully saturated rings. The number of nitrogens with two attached hydrogens (primary N) is 1. The van der Waals surface area contributed by atoms with Crippen molar-refractivity contribution in [2.45, 2.75) is 19.8 Å². The van der Waals surface area contributed by atoms with Gasteiger partial charge in [0.15, 0.2) is 11.1 Å². The largest absolute Gasteiger partial charge is 0.546 e. The van der Waals surface area contributed by atoms with Crippen molar-refractivity contribution in [3.8, 4) is 0 Å². The zero-order chi connectivity index (χ0) is 26.4. The van der Waals surface area contributed by atoms with E-state index in [1.807, 2.05) is 0 Å². The molecule has 1 aliphatic heterocycles. The van der Waals surface area contributed by atoms with Gasteiger partial charge in [-0.05, 0) is 25.5 Å². The highest BCUT2D eigenvalue weighted by molar-refractivity contribution is 7.14. The molecule has 15 heteroatoms. The van der Waals surface area contributed by atoms with Gasteiger partial charge < -0.3 is 40.6 Å². The Bertz CT molecular complexity index is 1220. The number of carbonyl (C=O) groups excluding carboxylic acids is 2. The van der Waals surface area contributed by atoms with E-state index in [4.69, 9.17) is 43.1 Å². The van der Waals surface area contributed by atoms with E-state index < -0.39 is 29.0 Å². The number of carbonyl (C=O) groups is 2. The Morgan fingerprint density at radius 1 is 1.24 bits per heavy atom. The van der Waals surface area contributed by atoms with Crippen molar-refractivity contribution >= 4 is 57.9 Å². The Balaban J connectivity index is 0.00000481. The summed E-state index contributed by atoms with van der Waals surface area (Å²) in [7, 11) is 1.25. The molecule has 6 N–H and O–H groups in total. The lowest BCUT2D eigenvalue weighted by Crippen LogP contribution is -2.35. The molecular formula is C22H27Cl2N5O7S. The van der Waals surface area contributed by atoms with E-state index in [2.05, 4.69) is 19.4 Å². The summed E-state index contributed by atoms with van der Waals surface area (Å²) in [6.45, 7) is 3.89. The Labute approximate surface area is 226 Å². The molecule has 1 aromatic heterocycles. The molecule has 2 atom stereocenters. The molecule has 0 bridgehead atoms.